The Hall–Kier alpha value is -2.14. The van der Waals surface area contributed by atoms with Crippen LogP contribution in [0.2, 0.25) is 0 Å². The fourth-order valence-electron chi connectivity index (χ4n) is 2.40. The lowest BCUT2D eigenvalue weighted by molar-refractivity contribution is -0.139. The molecule has 2 rings (SSSR count). The quantitative estimate of drug-likeness (QED) is 0.840. The van der Waals surface area contributed by atoms with E-state index in [9.17, 15) is 14.7 Å². The van der Waals surface area contributed by atoms with Crippen molar-refractivity contribution in [2.24, 2.45) is 0 Å². The summed E-state index contributed by atoms with van der Waals surface area (Å²) in [7, 11) is 0. The van der Waals surface area contributed by atoms with Gasteiger partial charge in [0.1, 0.15) is 6.04 Å². The van der Waals surface area contributed by atoms with Gasteiger partial charge >= 0.3 is 5.97 Å². The lowest BCUT2D eigenvalue weighted by Crippen LogP contribution is -2.42. The Labute approximate surface area is 143 Å². The van der Waals surface area contributed by atoms with E-state index >= 15 is 0 Å². The smallest absolute Gasteiger partial charge is 0.326 e. The number of amides is 1. The molecule has 0 saturated carbocycles. The van der Waals surface area contributed by atoms with Crippen LogP contribution in [-0.2, 0) is 11.2 Å². The Morgan fingerprint density at radius 1 is 1.09 bits per heavy atom. The van der Waals surface area contributed by atoms with Crippen LogP contribution in [0.1, 0.15) is 27.0 Å². The molecule has 0 aliphatic rings. The highest BCUT2D eigenvalue weighted by Gasteiger charge is 2.21. The average Bonchev–Trinajstić information content (AvgIpc) is 2.47. The Morgan fingerprint density at radius 3 is 2.17 bits per heavy atom. The summed E-state index contributed by atoms with van der Waals surface area (Å²) in [5.74, 6) is -1.42. The minimum absolute atomic E-state index is 0.235. The first-order chi connectivity index (χ1) is 10.8. The largest absolute Gasteiger partial charge is 0.480 e. The van der Waals surface area contributed by atoms with Crippen molar-refractivity contribution < 1.29 is 14.7 Å². The molecule has 2 N–H and O–H groups in total. The standard InChI is InChI=1S/C18H18BrNO3/c1-11-7-12(2)9-14(8-11)17(21)20-16(18(22)23)10-13-3-5-15(19)6-4-13/h3-9,16H,10H2,1-2H3,(H,20,21)(H,22,23)/t16-/m0/s1. The van der Waals surface area contributed by atoms with Gasteiger partial charge in [-0.25, -0.2) is 4.79 Å². The van der Waals surface area contributed by atoms with Crippen LogP contribution in [0.25, 0.3) is 0 Å². The fourth-order valence-corrected chi connectivity index (χ4v) is 2.67. The second-order valence-corrected chi connectivity index (χ2v) is 6.49. The van der Waals surface area contributed by atoms with Gasteiger partial charge in [-0.05, 0) is 43.7 Å². The van der Waals surface area contributed by atoms with Gasteiger partial charge in [-0.15, -0.1) is 0 Å². The first-order valence-corrected chi connectivity index (χ1v) is 8.01. The third-order valence-electron chi connectivity index (χ3n) is 3.44. The molecule has 0 heterocycles. The number of carbonyl (C=O) groups is 2. The van der Waals surface area contributed by atoms with Crippen molar-refractivity contribution in [3.63, 3.8) is 0 Å². The number of carboxylic acid groups (broad SMARTS) is 1. The molecule has 0 unspecified atom stereocenters. The van der Waals surface area contributed by atoms with E-state index in [-0.39, 0.29) is 12.3 Å². The van der Waals surface area contributed by atoms with Crippen molar-refractivity contribution in [2.75, 3.05) is 0 Å². The maximum Gasteiger partial charge on any atom is 0.326 e. The second-order valence-electron chi connectivity index (χ2n) is 5.57. The predicted molar refractivity (Wildman–Crippen MR) is 92.7 cm³/mol. The summed E-state index contributed by atoms with van der Waals surface area (Å²) in [6, 6.07) is 11.9. The third-order valence-corrected chi connectivity index (χ3v) is 3.97. The van der Waals surface area contributed by atoms with Gasteiger partial charge in [0.2, 0.25) is 0 Å². The molecule has 2 aromatic rings. The van der Waals surface area contributed by atoms with Crippen LogP contribution in [-0.4, -0.2) is 23.0 Å². The van der Waals surface area contributed by atoms with Crippen molar-refractivity contribution >= 4 is 27.8 Å². The van der Waals surface area contributed by atoms with E-state index in [0.717, 1.165) is 21.2 Å². The van der Waals surface area contributed by atoms with Gasteiger partial charge in [0.25, 0.3) is 5.91 Å². The summed E-state index contributed by atoms with van der Waals surface area (Å²) in [6.07, 6.45) is 0.235. The van der Waals surface area contributed by atoms with Crippen molar-refractivity contribution in [3.05, 3.63) is 69.2 Å². The monoisotopic (exact) mass is 375 g/mol. The van der Waals surface area contributed by atoms with Crippen LogP contribution in [0.15, 0.2) is 46.9 Å². The molecule has 0 saturated heterocycles. The zero-order valence-electron chi connectivity index (χ0n) is 13.0. The Kier molecular flexibility index (Phi) is 5.55. The van der Waals surface area contributed by atoms with Gasteiger partial charge in [-0.2, -0.15) is 0 Å². The predicted octanol–water partition coefficient (Wildman–Crippen LogP) is 3.49. The molecular formula is C18H18BrNO3. The lowest BCUT2D eigenvalue weighted by atomic mass is 10.0. The Bertz CT molecular complexity index is 705. The van der Waals surface area contributed by atoms with E-state index in [1.165, 1.54) is 0 Å². The van der Waals surface area contributed by atoms with Crippen LogP contribution >= 0.6 is 15.9 Å². The average molecular weight is 376 g/mol. The minimum atomic E-state index is -1.05. The van der Waals surface area contributed by atoms with Crippen molar-refractivity contribution in [1.29, 1.82) is 0 Å². The van der Waals surface area contributed by atoms with Crippen LogP contribution in [0.3, 0.4) is 0 Å². The number of carbonyl (C=O) groups excluding carboxylic acids is 1. The van der Waals surface area contributed by atoms with E-state index in [1.807, 2.05) is 44.2 Å². The molecule has 0 spiro atoms. The first-order valence-electron chi connectivity index (χ1n) is 7.21. The fraction of sp³-hybridized carbons (Fsp3) is 0.222. The molecule has 0 fully saturated rings. The molecule has 5 heteroatoms. The maximum absolute atomic E-state index is 12.3. The van der Waals surface area contributed by atoms with Crippen LogP contribution < -0.4 is 5.32 Å². The van der Waals surface area contributed by atoms with E-state index < -0.39 is 12.0 Å². The molecule has 0 bridgehead atoms. The number of carboxylic acids is 1. The van der Waals surface area contributed by atoms with E-state index in [4.69, 9.17) is 0 Å². The summed E-state index contributed by atoms with van der Waals surface area (Å²) < 4.78 is 0.924. The molecule has 1 atom stereocenters. The zero-order chi connectivity index (χ0) is 17.0. The highest BCUT2D eigenvalue weighted by Crippen LogP contribution is 2.13. The molecule has 0 radical (unpaired) electrons. The number of hydrogen-bond donors (Lipinski definition) is 2. The first kappa shape index (κ1) is 17.2. The molecule has 2 aromatic carbocycles. The number of benzene rings is 2. The van der Waals surface area contributed by atoms with Gasteiger partial charge in [0.15, 0.2) is 0 Å². The summed E-state index contributed by atoms with van der Waals surface area (Å²) in [4.78, 5) is 23.8. The van der Waals surface area contributed by atoms with Gasteiger partial charge in [0.05, 0.1) is 0 Å². The van der Waals surface area contributed by atoms with Gasteiger partial charge in [-0.3, -0.25) is 4.79 Å². The topological polar surface area (TPSA) is 66.4 Å². The number of hydrogen-bond acceptors (Lipinski definition) is 2. The zero-order valence-corrected chi connectivity index (χ0v) is 14.6. The number of aryl methyl sites for hydroxylation is 2. The molecule has 4 nitrogen and oxygen atoms in total. The lowest BCUT2D eigenvalue weighted by Gasteiger charge is -2.15. The third kappa shape index (κ3) is 4.93. The number of nitrogens with one attached hydrogen (secondary N) is 1. The Morgan fingerprint density at radius 2 is 1.65 bits per heavy atom. The SMILES string of the molecule is Cc1cc(C)cc(C(=O)N[C@@H](Cc2ccc(Br)cc2)C(=O)O)c1. The van der Waals surface area contributed by atoms with E-state index in [0.29, 0.717) is 5.56 Å². The molecule has 0 aliphatic carbocycles. The molecule has 0 aliphatic heterocycles. The normalized spacial score (nSPS) is 11.8. The van der Waals surface area contributed by atoms with Crippen LogP contribution in [0.5, 0.6) is 0 Å². The number of halogens is 1. The van der Waals surface area contributed by atoms with Crippen LogP contribution in [0, 0.1) is 13.8 Å². The van der Waals surface area contributed by atoms with Gasteiger partial charge in [0, 0.05) is 16.5 Å². The molecule has 0 aromatic heterocycles. The van der Waals surface area contributed by atoms with Crippen molar-refractivity contribution in [3.8, 4) is 0 Å². The number of aliphatic carboxylic acids is 1. The minimum Gasteiger partial charge on any atom is -0.480 e. The summed E-state index contributed by atoms with van der Waals surface area (Å²) in [5.41, 5.74) is 3.26. The molecule has 120 valence electrons. The Balaban J connectivity index is 2.14. The summed E-state index contributed by atoms with van der Waals surface area (Å²) in [5, 5.41) is 12.0. The second kappa shape index (κ2) is 7.42. The summed E-state index contributed by atoms with van der Waals surface area (Å²) in [6.45, 7) is 3.81. The van der Waals surface area contributed by atoms with Crippen molar-refractivity contribution in [1.82, 2.24) is 5.32 Å². The van der Waals surface area contributed by atoms with Crippen LogP contribution in [0.4, 0.5) is 0 Å². The molecular weight excluding hydrogens is 358 g/mol. The van der Waals surface area contributed by atoms with Gasteiger partial charge in [-0.1, -0.05) is 45.3 Å². The summed E-state index contributed by atoms with van der Waals surface area (Å²) >= 11 is 3.34. The highest BCUT2D eigenvalue weighted by molar-refractivity contribution is 9.10. The molecule has 1 amide bonds. The van der Waals surface area contributed by atoms with Crippen molar-refractivity contribution in [2.45, 2.75) is 26.3 Å². The van der Waals surface area contributed by atoms with Gasteiger partial charge < -0.3 is 10.4 Å². The molecule has 23 heavy (non-hydrogen) atoms. The van der Waals surface area contributed by atoms with E-state index in [1.54, 1.807) is 12.1 Å². The maximum atomic E-state index is 12.3. The highest BCUT2D eigenvalue weighted by atomic mass is 79.9. The number of rotatable bonds is 5. The van der Waals surface area contributed by atoms with E-state index in [2.05, 4.69) is 21.2 Å².